The highest BCUT2D eigenvalue weighted by Crippen LogP contribution is 2.31. The van der Waals surface area contributed by atoms with Gasteiger partial charge < -0.3 is 5.32 Å². The Kier molecular flexibility index (Phi) is 6.52. The highest BCUT2D eigenvalue weighted by Gasteiger charge is 2.52. The molecule has 0 aliphatic carbocycles. The number of urea groups is 1. The Morgan fingerprint density at radius 2 is 1.93 bits per heavy atom. The Labute approximate surface area is 182 Å². The number of benzene rings is 2. The SMILES string of the molecule is CCC1(c2ccccc2)NC(=O)N(NC(=O)CN(C)Cc2cc(Br)ccc2F)C1=O. The van der Waals surface area contributed by atoms with E-state index in [4.69, 9.17) is 0 Å². The molecule has 1 heterocycles. The van der Waals surface area contributed by atoms with Crippen LogP contribution in [0.1, 0.15) is 24.5 Å². The Balaban J connectivity index is 1.67. The smallest absolute Gasteiger partial charge is 0.318 e. The topological polar surface area (TPSA) is 81.8 Å². The van der Waals surface area contributed by atoms with Gasteiger partial charge in [-0.1, -0.05) is 53.2 Å². The lowest BCUT2D eigenvalue weighted by Crippen LogP contribution is -2.50. The van der Waals surface area contributed by atoms with E-state index < -0.39 is 23.4 Å². The van der Waals surface area contributed by atoms with E-state index in [2.05, 4.69) is 26.7 Å². The Morgan fingerprint density at radius 1 is 1.23 bits per heavy atom. The maximum atomic E-state index is 13.9. The molecule has 9 heteroatoms. The predicted molar refractivity (Wildman–Crippen MR) is 112 cm³/mol. The summed E-state index contributed by atoms with van der Waals surface area (Å²) in [5.74, 6) is -1.48. The average Bonchev–Trinajstić information content (AvgIpc) is 2.96. The van der Waals surface area contributed by atoms with Gasteiger partial charge in [0.1, 0.15) is 11.4 Å². The molecule has 1 fully saturated rings. The normalized spacial score (nSPS) is 18.6. The number of rotatable bonds is 7. The molecule has 7 nitrogen and oxygen atoms in total. The van der Waals surface area contributed by atoms with Gasteiger partial charge in [-0.2, -0.15) is 5.01 Å². The van der Waals surface area contributed by atoms with Crippen molar-refractivity contribution in [2.24, 2.45) is 0 Å². The first kappa shape index (κ1) is 21.9. The number of nitrogens with one attached hydrogen (secondary N) is 2. The molecule has 1 unspecified atom stereocenters. The molecule has 1 atom stereocenters. The zero-order valence-electron chi connectivity index (χ0n) is 16.6. The fraction of sp³-hybridized carbons (Fsp3) is 0.286. The molecule has 4 amide bonds. The van der Waals surface area contributed by atoms with Crippen molar-refractivity contribution in [3.63, 3.8) is 0 Å². The molecule has 1 aliphatic rings. The minimum Gasteiger partial charge on any atom is -0.318 e. The van der Waals surface area contributed by atoms with Crippen LogP contribution in [0.25, 0.3) is 0 Å². The van der Waals surface area contributed by atoms with E-state index >= 15 is 0 Å². The van der Waals surface area contributed by atoms with Gasteiger partial charge in [-0.05, 0) is 37.2 Å². The van der Waals surface area contributed by atoms with E-state index in [-0.39, 0.29) is 18.9 Å². The van der Waals surface area contributed by atoms with Crippen molar-refractivity contribution in [1.29, 1.82) is 0 Å². The van der Waals surface area contributed by atoms with Gasteiger partial charge in [0.05, 0.1) is 6.54 Å². The van der Waals surface area contributed by atoms with E-state index in [1.165, 1.54) is 6.07 Å². The number of hydrazine groups is 1. The third kappa shape index (κ3) is 4.36. The number of halogens is 2. The van der Waals surface area contributed by atoms with Gasteiger partial charge in [-0.15, -0.1) is 0 Å². The fourth-order valence-electron chi connectivity index (χ4n) is 3.45. The molecule has 0 spiro atoms. The van der Waals surface area contributed by atoms with Crippen LogP contribution < -0.4 is 10.7 Å². The molecule has 0 bridgehead atoms. The summed E-state index contributed by atoms with van der Waals surface area (Å²) in [6, 6.07) is 12.8. The van der Waals surface area contributed by atoms with Crippen molar-refractivity contribution in [2.45, 2.75) is 25.4 Å². The van der Waals surface area contributed by atoms with Crippen molar-refractivity contribution in [3.8, 4) is 0 Å². The van der Waals surface area contributed by atoms with Gasteiger partial charge >= 0.3 is 6.03 Å². The molecular weight excluding hydrogens is 455 g/mol. The third-order valence-electron chi connectivity index (χ3n) is 4.99. The van der Waals surface area contributed by atoms with E-state index in [0.29, 0.717) is 22.6 Å². The number of carbonyl (C=O) groups is 3. The van der Waals surface area contributed by atoms with Crippen LogP contribution in [0.5, 0.6) is 0 Å². The fourth-order valence-corrected chi connectivity index (χ4v) is 3.86. The Bertz CT molecular complexity index is 972. The first-order valence-corrected chi connectivity index (χ1v) is 10.2. The summed E-state index contributed by atoms with van der Waals surface area (Å²) in [5.41, 5.74) is 2.21. The van der Waals surface area contributed by atoms with Crippen LogP contribution in [0.4, 0.5) is 9.18 Å². The molecular formula is C21H22BrFN4O3. The second kappa shape index (κ2) is 8.93. The monoisotopic (exact) mass is 476 g/mol. The number of hydrogen-bond acceptors (Lipinski definition) is 4. The van der Waals surface area contributed by atoms with Crippen molar-refractivity contribution < 1.29 is 18.8 Å². The Morgan fingerprint density at radius 3 is 2.60 bits per heavy atom. The maximum Gasteiger partial charge on any atom is 0.344 e. The van der Waals surface area contributed by atoms with Crippen LogP contribution in [-0.2, 0) is 21.7 Å². The highest BCUT2D eigenvalue weighted by molar-refractivity contribution is 9.10. The minimum absolute atomic E-state index is 0.131. The largest absolute Gasteiger partial charge is 0.344 e. The number of imide groups is 1. The zero-order chi connectivity index (χ0) is 21.9. The van der Waals surface area contributed by atoms with Crippen LogP contribution in [-0.4, -0.2) is 41.3 Å². The third-order valence-corrected chi connectivity index (χ3v) is 5.48. The van der Waals surface area contributed by atoms with Gasteiger partial charge in [0.15, 0.2) is 0 Å². The number of carbonyl (C=O) groups excluding carboxylic acids is 3. The Hall–Kier alpha value is -2.78. The van der Waals surface area contributed by atoms with E-state index in [9.17, 15) is 18.8 Å². The van der Waals surface area contributed by atoms with Gasteiger partial charge in [0.25, 0.3) is 11.8 Å². The highest BCUT2D eigenvalue weighted by atomic mass is 79.9. The van der Waals surface area contributed by atoms with Crippen LogP contribution in [0.3, 0.4) is 0 Å². The number of likely N-dealkylation sites (N-methyl/N-ethyl adjacent to an activating group) is 1. The first-order valence-electron chi connectivity index (χ1n) is 9.41. The molecule has 2 N–H and O–H groups in total. The molecule has 30 heavy (non-hydrogen) atoms. The summed E-state index contributed by atoms with van der Waals surface area (Å²) in [7, 11) is 1.64. The predicted octanol–water partition coefficient (Wildman–Crippen LogP) is 2.91. The molecule has 1 saturated heterocycles. The summed E-state index contributed by atoms with van der Waals surface area (Å²) in [6.07, 6.45) is 0.329. The molecule has 0 aromatic heterocycles. The van der Waals surface area contributed by atoms with Gasteiger partial charge in [-0.25, -0.2) is 9.18 Å². The van der Waals surface area contributed by atoms with Crippen molar-refractivity contribution in [2.75, 3.05) is 13.6 Å². The minimum atomic E-state index is -1.23. The summed E-state index contributed by atoms with van der Waals surface area (Å²) >= 11 is 3.29. The molecule has 0 saturated carbocycles. The van der Waals surface area contributed by atoms with Crippen LogP contribution in [0.15, 0.2) is 53.0 Å². The van der Waals surface area contributed by atoms with Crippen LogP contribution in [0.2, 0.25) is 0 Å². The van der Waals surface area contributed by atoms with Gasteiger partial charge in [0.2, 0.25) is 0 Å². The molecule has 3 rings (SSSR count). The quantitative estimate of drug-likeness (QED) is 0.602. The summed E-state index contributed by atoms with van der Waals surface area (Å²) in [5, 5.41) is 3.41. The van der Waals surface area contributed by atoms with E-state index in [1.807, 2.05) is 6.07 Å². The van der Waals surface area contributed by atoms with Gasteiger partial charge in [-0.3, -0.25) is 19.9 Å². The molecule has 1 aliphatic heterocycles. The first-order chi connectivity index (χ1) is 14.3. The molecule has 0 radical (unpaired) electrons. The summed E-state index contributed by atoms with van der Waals surface area (Å²) in [4.78, 5) is 39.5. The molecule has 158 valence electrons. The standard InChI is InChI=1S/C21H22BrFN4O3/c1-3-21(15-7-5-4-6-8-15)19(29)27(20(30)24-21)25-18(28)13-26(2)12-14-11-16(22)9-10-17(14)23/h4-11H,3,12-13H2,1-2H3,(H,24,30)(H,25,28). The second-order valence-corrected chi connectivity index (χ2v) is 8.05. The second-order valence-electron chi connectivity index (χ2n) is 7.14. The summed E-state index contributed by atoms with van der Waals surface area (Å²) < 4.78 is 14.7. The van der Waals surface area contributed by atoms with Crippen molar-refractivity contribution in [1.82, 2.24) is 20.7 Å². The maximum absolute atomic E-state index is 13.9. The number of amides is 4. The van der Waals surface area contributed by atoms with E-state index in [0.717, 1.165) is 4.47 Å². The number of nitrogens with zero attached hydrogens (tertiary/aromatic N) is 2. The lowest BCUT2D eigenvalue weighted by molar-refractivity contribution is -0.139. The lowest BCUT2D eigenvalue weighted by atomic mass is 9.87. The lowest BCUT2D eigenvalue weighted by Gasteiger charge is -2.25. The van der Waals surface area contributed by atoms with Crippen LogP contribution in [0, 0.1) is 5.82 Å². The van der Waals surface area contributed by atoms with Crippen LogP contribution >= 0.6 is 15.9 Å². The molecule has 2 aromatic carbocycles. The molecule has 2 aromatic rings. The number of hydrogen-bond donors (Lipinski definition) is 2. The summed E-state index contributed by atoms with van der Waals surface area (Å²) in [6.45, 7) is 1.84. The van der Waals surface area contributed by atoms with Crippen molar-refractivity contribution >= 4 is 33.8 Å². The average molecular weight is 477 g/mol. The van der Waals surface area contributed by atoms with Gasteiger partial charge in [0, 0.05) is 16.6 Å². The van der Waals surface area contributed by atoms with Crippen molar-refractivity contribution in [3.05, 3.63) is 69.9 Å². The zero-order valence-corrected chi connectivity index (χ0v) is 18.2. The van der Waals surface area contributed by atoms with E-state index in [1.54, 1.807) is 55.3 Å².